The minimum absolute atomic E-state index is 0.126. The number of aromatic nitrogens is 3. The molecular weight excluding hydrogens is 536 g/mol. The minimum Gasteiger partial charge on any atom is -0.322 e. The van der Waals surface area contributed by atoms with Gasteiger partial charge >= 0.3 is 0 Å². The fourth-order valence-corrected chi connectivity index (χ4v) is 5.27. The molecule has 3 aromatic heterocycles. The van der Waals surface area contributed by atoms with Crippen molar-refractivity contribution < 1.29 is 14.4 Å². The Bertz CT molecular complexity index is 1980. The maximum atomic E-state index is 13.4. The summed E-state index contributed by atoms with van der Waals surface area (Å²) in [7, 11) is 0. The van der Waals surface area contributed by atoms with Crippen LogP contribution in [-0.2, 0) is 0 Å². The molecule has 0 spiro atoms. The van der Waals surface area contributed by atoms with Crippen LogP contribution in [0.25, 0.3) is 33.9 Å². The van der Waals surface area contributed by atoms with Crippen LogP contribution in [0.3, 0.4) is 0 Å². The lowest BCUT2D eigenvalue weighted by Crippen LogP contribution is -2.25. The molecule has 1 aliphatic carbocycles. The quantitative estimate of drug-likeness (QED) is 0.247. The van der Waals surface area contributed by atoms with Crippen LogP contribution in [0.1, 0.15) is 42.2 Å². The summed E-state index contributed by atoms with van der Waals surface area (Å²) >= 11 is 0. The van der Waals surface area contributed by atoms with E-state index in [1.807, 2.05) is 60.7 Å². The molecule has 6 aromatic rings. The number of carbonyl (C=O) groups excluding carboxylic acids is 3. The predicted octanol–water partition coefficient (Wildman–Crippen LogP) is 6.90. The number of fused-ring (bicyclic) bond motifs is 2. The highest BCUT2D eigenvalue weighted by atomic mass is 16.2. The van der Waals surface area contributed by atoms with E-state index in [1.54, 1.807) is 67.0 Å². The molecule has 43 heavy (non-hydrogen) atoms. The Kier molecular flexibility index (Phi) is 6.45. The van der Waals surface area contributed by atoms with Crippen molar-refractivity contribution in [3.05, 3.63) is 155 Å². The van der Waals surface area contributed by atoms with E-state index in [9.17, 15) is 14.4 Å². The van der Waals surface area contributed by atoms with Gasteiger partial charge < -0.3 is 5.32 Å². The van der Waals surface area contributed by atoms with Crippen molar-refractivity contribution in [2.24, 2.45) is 0 Å². The third-order valence-corrected chi connectivity index (χ3v) is 7.35. The van der Waals surface area contributed by atoms with Crippen molar-refractivity contribution in [2.75, 3.05) is 5.32 Å². The standard InChI is InChI=1S/C36H22N4O3/c41-34-25-8-1-2-9-26(25)35(42)33-27(34)10-7-11-28(33)36(43)39-24-16-14-22(15-17-24)23-20-31(29-12-3-5-18-37-29)40-32(21-23)30-13-4-6-19-38-30/h1-21H,(H,39,43). The first-order chi connectivity index (χ1) is 21.1. The van der Waals surface area contributed by atoms with Crippen LogP contribution in [0.4, 0.5) is 5.69 Å². The lowest BCUT2D eigenvalue weighted by Gasteiger charge is -2.19. The fraction of sp³-hybridized carbons (Fsp3) is 0. The number of anilines is 1. The van der Waals surface area contributed by atoms with Gasteiger partial charge in [0.25, 0.3) is 5.91 Å². The van der Waals surface area contributed by atoms with Gasteiger partial charge in [-0.05, 0) is 65.7 Å². The van der Waals surface area contributed by atoms with Gasteiger partial charge in [0.15, 0.2) is 11.6 Å². The summed E-state index contributed by atoms with van der Waals surface area (Å²) in [6.07, 6.45) is 3.46. The predicted molar refractivity (Wildman–Crippen MR) is 164 cm³/mol. The summed E-state index contributed by atoms with van der Waals surface area (Å²) in [4.78, 5) is 53.6. The molecule has 0 radical (unpaired) electrons. The second-order valence-corrected chi connectivity index (χ2v) is 10.0. The lowest BCUT2D eigenvalue weighted by atomic mass is 9.81. The average Bonchev–Trinajstić information content (AvgIpc) is 3.08. The van der Waals surface area contributed by atoms with Gasteiger partial charge in [-0.1, -0.05) is 60.7 Å². The average molecular weight is 559 g/mol. The van der Waals surface area contributed by atoms with E-state index in [1.165, 1.54) is 0 Å². The molecule has 1 N–H and O–H groups in total. The Morgan fingerprint density at radius 2 is 1.12 bits per heavy atom. The van der Waals surface area contributed by atoms with E-state index in [-0.39, 0.29) is 28.3 Å². The second kappa shape index (κ2) is 10.7. The van der Waals surface area contributed by atoms with Crippen LogP contribution in [-0.4, -0.2) is 32.4 Å². The second-order valence-electron chi connectivity index (χ2n) is 10.0. The number of amides is 1. The van der Waals surface area contributed by atoms with Gasteiger partial charge in [0.05, 0.1) is 28.3 Å². The maximum absolute atomic E-state index is 13.4. The van der Waals surface area contributed by atoms with Crippen molar-refractivity contribution in [2.45, 2.75) is 0 Å². The van der Waals surface area contributed by atoms with Crippen LogP contribution >= 0.6 is 0 Å². The molecule has 0 aliphatic heterocycles. The molecule has 7 heteroatoms. The zero-order chi connectivity index (χ0) is 29.3. The highest BCUT2D eigenvalue weighted by Gasteiger charge is 2.32. The van der Waals surface area contributed by atoms with Gasteiger partial charge in [-0.15, -0.1) is 0 Å². The van der Waals surface area contributed by atoms with Crippen LogP contribution < -0.4 is 5.32 Å². The summed E-state index contributed by atoms with van der Waals surface area (Å²) in [5.41, 5.74) is 6.44. The summed E-state index contributed by atoms with van der Waals surface area (Å²) in [6, 6.07) is 34.2. The zero-order valence-corrected chi connectivity index (χ0v) is 22.7. The number of carbonyl (C=O) groups is 3. The summed E-state index contributed by atoms with van der Waals surface area (Å²) < 4.78 is 0. The van der Waals surface area contributed by atoms with Crippen LogP contribution in [0.5, 0.6) is 0 Å². The molecule has 0 saturated heterocycles. The van der Waals surface area contributed by atoms with Crippen molar-refractivity contribution in [3.8, 4) is 33.9 Å². The molecule has 0 saturated carbocycles. The smallest absolute Gasteiger partial charge is 0.256 e. The molecule has 0 bridgehead atoms. The Morgan fingerprint density at radius 3 is 1.72 bits per heavy atom. The molecule has 7 rings (SSSR count). The summed E-state index contributed by atoms with van der Waals surface area (Å²) in [5, 5.41) is 2.89. The number of nitrogens with zero attached hydrogens (tertiary/aromatic N) is 3. The number of rotatable bonds is 5. The van der Waals surface area contributed by atoms with Gasteiger partial charge in [-0.25, -0.2) is 4.98 Å². The van der Waals surface area contributed by atoms with Gasteiger partial charge in [0.2, 0.25) is 0 Å². The van der Waals surface area contributed by atoms with Crippen molar-refractivity contribution in [1.29, 1.82) is 0 Å². The van der Waals surface area contributed by atoms with Crippen LogP contribution in [0.15, 0.2) is 128 Å². The molecule has 7 nitrogen and oxygen atoms in total. The molecule has 204 valence electrons. The molecule has 3 heterocycles. The van der Waals surface area contributed by atoms with Crippen molar-refractivity contribution in [3.63, 3.8) is 0 Å². The van der Waals surface area contributed by atoms with Gasteiger partial charge in [-0.3, -0.25) is 24.4 Å². The third kappa shape index (κ3) is 4.79. The van der Waals surface area contributed by atoms with Crippen molar-refractivity contribution >= 4 is 23.2 Å². The Hall–Kier alpha value is -6.08. The molecule has 1 aliphatic rings. The number of benzene rings is 3. The molecule has 0 atom stereocenters. The number of hydrogen-bond acceptors (Lipinski definition) is 6. The fourth-order valence-electron chi connectivity index (χ4n) is 5.27. The molecule has 0 fully saturated rings. The first kappa shape index (κ1) is 25.9. The van der Waals surface area contributed by atoms with E-state index in [0.717, 1.165) is 22.5 Å². The topological polar surface area (TPSA) is 102 Å². The minimum atomic E-state index is -0.469. The zero-order valence-electron chi connectivity index (χ0n) is 22.7. The lowest BCUT2D eigenvalue weighted by molar-refractivity contribution is 0.0969. The highest BCUT2D eigenvalue weighted by molar-refractivity contribution is 6.31. The van der Waals surface area contributed by atoms with Gasteiger partial charge in [-0.2, -0.15) is 0 Å². The third-order valence-electron chi connectivity index (χ3n) is 7.35. The van der Waals surface area contributed by atoms with E-state index in [2.05, 4.69) is 15.3 Å². The molecule has 1 amide bonds. The number of pyridine rings is 3. The van der Waals surface area contributed by atoms with Crippen LogP contribution in [0.2, 0.25) is 0 Å². The normalized spacial score (nSPS) is 11.9. The molecular formula is C36H22N4O3. The Morgan fingerprint density at radius 1 is 0.535 bits per heavy atom. The monoisotopic (exact) mass is 558 g/mol. The van der Waals surface area contributed by atoms with Gasteiger partial charge in [0, 0.05) is 40.3 Å². The first-order valence-electron chi connectivity index (χ1n) is 13.6. The first-order valence-corrected chi connectivity index (χ1v) is 13.6. The number of ketones is 2. The molecule has 3 aromatic carbocycles. The van der Waals surface area contributed by atoms with Crippen LogP contribution in [0, 0.1) is 0 Å². The van der Waals surface area contributed by atoms with Crippen molar-refractivity contribution in [1.82, 2.24) is 15.0 Å². The van der Waals surface area contributed by atoms with E-state index in [0.29, 0.717) is 28.2 Å². The number of hydrogen-bond donors (Lipinski definition) is 1. The summed E-state index contributed by atoms with van der Waals surface area (Å²) in [6.45, 7) is 0. The Labute approximate surface area is 246 Å². The highest BCUT2D eigenvalue weighted by Crippen LogP contribution is 2.32. The van der Waals surface area contributed by atoms with Gasteiger partial charge in [0.1, 0.15) is 0 Å². The van der Waals surface area contributed by atoms with E-state index >= 15 is 0 Å². The van der Waals surface area contributed by atoms with E-state index < -0.39 is 5.91 Å². The van der Waals surface area contributed by atoms with E-state index in [4.69, 9.17) is 4.98 Å². The SMILES string of the molecule is O=C(Nc1ccc(-c2cc(-c3ccccn3)nc(-c3ccccn3)c2)cc1)c1cccc2c1C(=O)c1ccccc1C2=O. The molecule has 0 unspecified atom stereocenters. The number of nitrogens with one attached hydrogen (secondary N) is 1. The summed E-state index contributed by atoms with van der Waals surface area (Å²) in [5.74, 6) is -1.07. The Balaban J connectivity index is 1.20. The maximum Gasteiger partial charge on any atom is 0.256 e. The largest absolute Gasteiger partial charge is 0.322 e.